The van der Waals surface area contributed by atoms with Crippen molar-refractivity contribution in [2.45, 2.75) is 128 Å². The lowest BCUT2D eigenvalue weighted by Gasteiger charge is -2.60. The van der Waals surface area contributed by atoms with E-state index in [-0.39, 0.29) is 33.9 Å². The first kappa shape index (κ1) is 33.3. The van der Waals surface area contributed by atoms with Crippen LogP contribution in [-0.4, -0.2) is 37.0 Å². The summed E-state index contributed by atoms with van der Waals surface area (Å²) in [6, 6.07) is 5.77. The molecular formula is C42H55NO7S. The van der Waals surface area contributed by atoms with E-state index in [0.717, 1.165) is 87.4 Å². The van der Waals surface area contributed by atoms with Gasteiger partial charge in [0.1, 0.15) is 11.4 Å². The molecule has 9 aliphatic carbocycles. The number of nitrogens with two attached hydrogens (primary N) is 1. The van der Waals surface area contributed by atoms with Crippen LogP contribution in [0.2, 0.25) is 0 Å². The number of hydrogen-bond acceptors (Lipinski definition) is 7. The molecule has 8 fully saturated rings. The van der Waals surface area contributed by atoms with Crippen LogP contribution in [-0.2, 0) is 35.2 Å². The number of phenolic OH excluding ortho intramolecular Hbond substituents is 1. The Kier molecular flexibility index (Phi) is 7.00. The summed E-state index contributed by atoms with van der Waals surface area (Å²) >= 11 is 0. The fraction of sp³-hybridized carbons (Fsp3) is 0.762. The first-order valence-electron chi connectivity index (χ1n) is 20.2. The average molecular weight is 718 g/mol. The molecule has 10 aliphatic rings. The van der Waals surface area contributed by atoms with E-state index in [1.54, 1.807) is 6.07 Å². The average Bonchev–Trinajstić information content (AvgIpc) is 3.97. The summed E-state index contributed by atoms with van der Waals surface area (Å²) in [7, 11) is -3.91. The van der Waals surface area contributed by atoms with Crippen molar-refractivity contribution in [2.24, 2.45) is 74.6 Å². The smallest absolute Gasteiger partial charge is 0.333 e. The summed E-state index contributed by atoms with van der Waals surface area (Å²) in [5.41, 5.74) is 4.39. The highest BCUT2D eigenvalue weighted by atomic mass is 32.2. The maximum atomic E-state index is 12.2. The molecule has 1 aliphatic heterocycles. The molecule has 9 heteroatoms. The zero-order chi connectivity index (χ0) is 35.5. The molecule has 8 nitrogen and oxygen atoms in total. The van der Waals surface area contributed by atoms with Crippen LogP contribution in [0.3, 0.4) is 0 Å². The minimum atomic E-state index is -3.91. The molecule has 11 rings (SSSR count). The van der Waals surface area contributed by atoms with Gasteiger partial charge in [0.2, 0.25) is 0 Å². The van der Waals surface area contributed by atoms with Gasteiger partial charge in [-0.15, -0.1) is 0 Å². The normalized spacial score (nSPS) is 50.8. The molecule has 1 aromatic rings. The molecule has 15 atom stereocenters. The maximum Gasteiger partial charge on any atom is 0.333 e. The van der Waals surface area contributed by atoms with Crippen molar-refractivity contribution in [3.63, 3.8) is 0 Å². The quantitative estimate of drug-likeness (QED) is 0.311. The number of hydrogen-bond donors (Lipinski definition) is 2. The number of benzene rings is 1. The number of esters is 1. The number of carbonyl (C=O) groups is 2. The number of rotatable bonds is 2. The minimum absolute atomic E-state index is 0.0561. The molecule has 1 aromatic carbocycles. The van der Waals surface area contributed by atoms with Gasteiger partial charge in [0.05, 0.1) is 6.10 Å². The summed E-state index contributed by atoms with van der Waals surface area (Å²) in [6.45, 7) is 7.17. The Bertz CT molecular complexity index is 1860. The van der Waals surface area contributed by atoms with Gasteiger partial charge in [-0.05, 0) is 170 Å². The molecule has 276 valence electrons. The van der Waals surface area contributed by atoms with E-state index >= 15 is 0 Å². The van der Waals surface area contributed by atoms with Gasteiger partial charge in [-0.3, -0.25) is 13.8 Å². The molecule has 1 saturated heterocycles. The number of ketones is 1. The summed E-state index contributed by atoms with van der Waals surface area (Å²) in [6.07, 6.45) is 16.1. The van der Waals surface area contributed by atoms with Crippen molar-refractivity contribution >= 4 is 22.1 Å². The predicted octanol–water partition coefficient (Wildman–Crippen LogP) is 7.14. The molecule has 3 N–H and O–H groups in total. The number of fused-ring (bicyclic) bond motifs is 17. The topological polar surface area (TPSA) is 133 Å². The Balaban J connectivity index is 0.000000130. The molecule has 1 heterocycles. The third-order valence-corrected chi connectivity index (χ3v) is 18.2. The molecule has 0 bridgehead atoms. The summed E-state index contributed by atoms with van der Waals surface area (Å²) in [4.78, 5) is 24.3. The van der Waals surface area contributed by atoms with E-state index < -0.39 is 10.3 Å². The van der Waals surface area contributed by atoms with Crippen molar-refractivity contribution < 1.29 is 32.0 Å². The lowest BCUT2D eigenvalue weighted by molar-refractivity contribution is -0.177. The van der Waals surface area contributed by atoms with E-state index in [1.165, 1.54) is 42.4 Å². The lowest BCUT2D eigenvalue weighted by Crippen LogP contribution is -2.57. The number of aryl methyl sites for hydroxylation is 1. The lowest BCUT2D eigenvalue weighted by atomic mass is 9.45. The highest BCUT2D eigenvalue weighted by Crippen LogP contribution is 2.82. The molecule has 51 heavy (non-hydrogen) atoms. The van der Waals surface area contributed by atoms with Gasteiger partial charge in [-0.25, -0.2) is 5.14 Å². The predicted molar refractivity (Wildman–Crippen MR) is 190 cm³/mol. The second-order valence-corrected chi connectivity index (χ2v) is 20.7. The van der Waals surface area contributed by atoms with E-state index in [9.17, 15) is 23.1 Å². The van der Waals surface area contributed by atoms with Gasteiger partial charge in [-0.1, -0.05) is 32.4 Å². The standard InChI is InChI=1S/C24H30O3.C18H25NO4S/c1-22-6-3-12(25)9-17(22)13-10-14(13)20-16(22)4-7-23(2)21(20)15-11-18(15)24(23)8-5-19(26)27-24;1-18-9-8-14-13-5-3-12(20)10-11(13)2-4-15(14)16(18)6-7-17(18)23-24(19,21)22/h9,13-16,18,20-21H,3-8,10-11H2,1-2H3;3,5,10,14-17,20H,2,4,6-9H2,1H3,(H2,19,21,22)/t13-,14+,15-,16+,18+,20-,21+,22-,23+,24+;14-,15-,16+,17?,18+/m11/s1. The van der Waals surface area contributed by atoms with E-state index in [1.807, 2.05) is 6.07 Å². The number of carbonyl (C=O) groups excluding carboxylic acids is 2. The highest BCUT2D eigenvalue weighted by Gasteiger charge is 2.81. The van der Waals surface area contributed by atoms with Crippen LogP contribution in [0.4, 0.5) is 0 Å². The summed E-state index contributed by atoms with van der Waals surface area (Å²) in [5, 5.41) is 14.9. The molecule has 0 amide bonds. The summed E-state index contributed by atoms with van der Waals surface area (Å²) < 4.78 is 34.3. The van der Waals surface area contributed by atoms with Gasteiger partial charge in [0.25, 0.3) is 0 Å². The third-order valence-electron chi connectivity index (χ3n) is 17.7. The fourth-order valence-corrected chi connectivity index (χ4v) is 16.2. The largest absolute Gasteiger partial charge is 0.508 e. The fourth-order valence-electron chi connectivity index (χ4n) is 15.6. The van der Waals surface area contributed by atoms with Gasteiger partial charge in [0, 0.05) is 24.2 Å². The van der Waals surface area contributed by atoms with E-state index in [2.05, 4.69) is 32.9 Å². The van der Waals surface area contributed by atoms with Gasteiger partial charge in [-0.2, -0.15) is 8.42 Å². The van der Waals surface area contributed by atoms with Crippen molar-refractivity contribution in [3.8, 4) is 5.75 Å². The third kappa shape index (κ3) is 4.58. The number of phenols is 1. The van der Waals surface area contributed by atoms with Crippen LogP contribution in [0.5, 0.6) is 5.75 Å². The number of allylic oxidation sites excluding steroid dienone is 1. The monoisotopic (exact) mass is 717 g/mol. The second-order valence-electron chi connectivity index (χ2n) is 19.5. The molecule has 0 radical (unpaired) electrons. The zero-order valence-electron chi connectivity index (χ0n) is 30.4. The maximum absolute atomic E-state index is 12.2. The van der Waals surface area contributed by atoms with Crippen molar-refractivity contribution in [1.82, 2.24) is 0 Å². The number of ether oxygens (including phenoxy) is 1. The van der Waals surface area contributed by atoms with Crippen molar-refractivity contribution in [2.75, 3.05) is 0 Å². The van der Waals surface area contributed by atoms with E-state index in [4.69, 9.17) is 14.1 Å². The van der Waals surface area contributed by atoms with Gasteiger partial charge < -0.3 is 9.84 Å². The zero-order valence-corrected chi connectivity index (χ0v) is 31.3. The highest BCUT2D eigenvalue weighted by molar-refractivity contribution is 7.84. The Morgan fingerprint density at radius 3 is 2.43 bits per heavy atom. The molecule has 1 unspecified atom stereocenters. The Hall–Kier alpha value is -2.23. The van der Waals surface area contributed by atoms with Crippen LogP contribution in [0, 0.1) is 69.5 Å². The molecule has 0 aromatic heterocycles. The van der Waals surface area contributed by atoms with Crippen LogP contribution in [0.1, 0.15) is 121 Å². The molecule has 1 spiro atoms. The number of aromatic hydroxyl groups is 1. The molecular weight excluding hydrogens is 663 g/mol. The summed E-state index contributed by atoms with van der Waals surface area (Å²) in [5.74, 6) is 7.55. The Labute approximate surface area is 302 Å². The minimum Gasteiger partial charge on any atom is -0.508 e. The first-order valence-corrected chi connectivity index (χ1v) is 21.6. The second kappa shape index (κ2) is 10.7. The van der Waals surface area contributed by atoms with Crippen LogP contribution in [0.15, 0.2) is 29.8 Å². The molecule has 7 saturated carbocycles. The first-order chi connectivity index (χ1) is 24.2. The van der Waals surface area contributed by atoms with Crippen molar-refractivity contribution in [3.05, 3.63) is 41.0 Å². The van der Waals surface area contributed by atoms with Crippen LogP contribution < -0.4 is 5.14 Å². The Morgan fingerprint density at radius 1 is 0.843 bits per heavy atom. The van der Waals surface area contributed by atoms with Gasteiger partial charge >= 0.3 is 16.3 Å². The van der Waals surface area contributed by atoms with Crippen LogP contribution >= 0.6 is 0 Å². The SMILES string of the molecule is C[C@]12CCC(=O)C=C1[C@@H]1C[C@@H]1[C@H]1[C@@H]3[C@@H]4C[C@@H]4[C@@]4(CCC(=O)O4)[C@@]3(C)CC[C@@H]12.C[C@]12CC[C@@H]3c4ccc(O)cc4CC[C@H]3[C@@H]1CCC2OS(N)(=O)=O. The van der Waals surface area contributed by atoms with Crippen LogP contribution in [0.25, 0.3) is 0 Å². The van der Waals surface area contributed by atoms with Crippen molar-refractivity contribution in [1.29, 1.82) is 0 Å². The van der Waals surface area contributed by atoms with E-state index in [0.29, 0.717) is 47.5 Å². The Morgan fingerprint density at radius 2 is 1.67 bits per heavy atom. The van der Waals surface area contributed by atoms with Gasteiger partial charge in [0.15, 0.2) is 5.78 Å².